The molecule has 23 rings (SSSR count). The molecule has 19 aromatic rings. The van der Waals surface area contributed by atoms with E-state index in [1.807, 2.05) is 0 Å². The van der Waals surface area contributed by atoms with Crippen LogP contribution in [0.25, 0.3) is 105 Å². The van der Waals surface area contributed by atoms with Gasteiger partial charge in [-0.15, -0.1) is 0 Å². The Morgan fingerprint density at radius 2 is 0.544 bits per heavy atom. The van der Waals surface area contributed by atoms with Gasteiger partial charge in [0.05, 0.1) is 38.9 Å². The number of hydrogen-bond acceptors (Lipinski definition) is 2. The van der Waals surface area contributed by atoms with Crippen LogP contribution >= 0.6 is 0 Å². The zero-order chi connectivity index (χ0) is 75.0. The summed E-state index contributed by atoms with van der Waals surface area (Å²) in [4.78, 5) is 5.34. The molecule has 4 heteroatoms. The summed E-state index contributed by atoms with van der Waals surface area (Å²) < 4.78 is 2.53. The van der Waals surface area contributed by atoms with Gasteiger partial charge in [-0.3, -0.25) is 0 Å². The van der Waals surface area contributed by atoms with Crippen molar-refractivity contribution in [3.05, 3.63) is 481 Å². The summed E-state index contributed by atoms with van der Waals surface area (Å²) in [5.74, 6) is 0. The van der Waals surface area contributed by atoms with Crippen molar-refractivity contribution in [1.29, 1.82) is 0 Å². The molecule has 0 fully saturated rings. The number of nitrogens with zero attached hydrogens (tertiary/aromatic N) is 3. The van der Waals surface area contributed by atoms with Crippen molar-refractivity contribution >= 4 is 79.0 Å². The molecule has 0 unspecified atom stereocenters. The molecule has 0 saturated heterocycles. The summed E-state index contributed by atoms with van der Waals surface area (Å²) in [7, 11) is 0. The topological polar surface area (TPSA) is 11.4 Å². The molecule has 530 valence electrons. The Morgan fingerprint density at radius 1 is 0.211 bits per heavy atom. The van der Waals surface area contributed by atoms with E-state index in [0.29, 0.717) is 0 Å². The number of para-hydroxylation sites is 4. The largest absolute Gasteiger partial charge is 0.311 e. The molecule has 0 radical (unpaired) electrons. The number of hydrogen-bond donors (Lipinski definition) is 0. The second kappa shape index (κ2) is 26.0. The monoisotopic (exact) mass is 1450 g/mol. The summed E-state index contributed by atoms with van der Waals surface area (Å²) in [6.45, 7) is -0.346. The zero-order valence-corrected chi connectivity index (χ0v) is 62.5. The third kappa shape index (κ3) is 9.52. The quantitative estimate of drug-likeness (QED) is 0.113. The minimum absolute atomic E-state index is 0.346. The highest BCUT2D eigenvalue weighted by atomic mass is 15.2. The van der Waals surface area contributed by atoms with Crippen LogP contribution in [-0.2, 0) is 10.8 Å². The van der Waals surface area contributed by atoms with E-state index in [2.05, 4.69) is 451 Å². The lowest BCUT2D eigenvalue weighted by Crippen LogP contribution is -2.61. The first kappa shape index (κ1) is 65.3. The van der Waals surface area contributed by atoms with Gasteiger partial charge in [0.1, 0.15) is 0 Å². The first-order valence-corrected chi connectivity index (χ1v) is 39.8. The molecule has 0 spiro atoms. The van der Waals surface area contributed by atoms with Gasteiger partial charge >= 0.3 is 0 Å². The maximum Gasteiger partial charge on any atom is 0.252 e. The minimum Gasteiger partial charge on any atom is -0.311 e. The molecule has 18 aromatic carbocycles. The smallest absolute Gasteiger partial charge is 0.252 e. The second-order valence-corrected chi connectivity index (χ2v) is 30.7. The van der Waals surface area contributed by atoms with E-state index < -0.39 is 10.8 Å². The van der Waals surface area contributed by atoms with Gasteiger partial charge in [-0.2, -0.15) is 0 Å². The van der Waals surface area contributed by atoms with E-state index in [9.17, 15) is 0 Å². The summed E-state index contributed by atoms with van der Waals surface area (Å²) >= 11 is 0. The molecular formula is C110H72BN3. The lowest BCUT2D eigenvalue weighted by molar-refractivity contribution is 0.768. The fourth-order valence-electron chi connectivity index (χ4n) is 20.6. The SMILES string of the molecule is c1ccc(-c2ccccc2N2c3ccc(-c4cccc5c4-c4ccccc4C5(c4ccccc4)c4ccccc4)cc3B3c4cc(-c5cccc6c5-c5ccccc5C6(c5ccccc5)c5ccccc5)ccc4N(c4c(-c5ccccc5)cccc4-c4ccccc4)c4cc(-n5c6ccccc6c6ccccc65)cc2c43)cc1. The van der Waals surface area contributed by atoms with Crippen molar-refractivity contribution in [3.8, 4) is 83.6 Å². The van der Waals surface area contributed by atoms with Crippen molar-refractivity contribution in [3.63, 3.8) is 0 Å². The second-order valence-electron chi connectivity index (χ2n) is 30.7. The van der Waals surface area contributed by atoms with Crippen LogP contribution in [0, 0.1) is 0 Å². The average molecular weight is 1450 g/mol. The van der Waals surface area contributed by atoms with Crippen molar-refractivity contribution in [1.82, 2.24) is 4.57 Å². The Labute approximate surface area is 664 Å². The van der Waals surface area contributed by atoms with Gasteiger partial charge in [0, 0.05) is 50.2 Å². The Hall–Kier alpha value is -14.6. The molecule has 0 N–H and O–H groups in total. The number of fused-ring (bicyclic) bond motifs is 13. The Balaban J connectivity index is 0.870. The maximum absolute atomic E-state index is 2.70. The molecule has 0 atom stereocenters. The molecule has 2 aliphatic carbocycles. The summed E-state index contributed by atoms with van der Waals surface area (Å²) in [6.07, 6.45) is 0. The van der Waals surface area contributed by atoms with E-state index in [0.717, 1.165) is 95.4 Å². The van der Waals surface area contributed by atoms with Gasteiger partial charge < -0.3 is 14.4 Å². The average Bonchev–Trinajstić information content (AvgIpc) is 1.16. The molecule has 0 amide bonds. The summed E-state index contributed by atoms with van der Waals surface area (Å²) in [5.41, 5.74) is 38.9. The number of aromatic nitrogens is 1. The van der Waals surface area contributed by atoms with Gasteiger partial charge in [-0.05, 0) is 165 Å². The van der Waals surface area contributed by atoms with Crippen LogP contribution in [-0.4, -0.2) is 11.3 Å². The molecule has 1 aromatic heterocycles. The Morgan fingerprint density at radius 3 is 1.00 bits per heavy atom. The van der Waals surface area contributed by atoms with Crippen LogP contribution in [0.1, 0.15) is 44.5 Å². The van der Waals surface area contributed by atoms with Gasteiger partial charge in [-0.25, -0.2) is 0 Å². The van der Waals surface area contributed by atoms with Crippen molar-refractivity contribution in [2.24, 2.45) is 0 Å². The van der Waals surface area contributed by atoms with Gasteiger partial charge in [0.15, 0.2) is 0 Å². The molecule has 0 saturated carbocycles. The maximum atomic E-state index is 2.70. The molecule has 0 bridgehead atoms. The highest BCUT2D eigenvalue weighted by molar-refractivity contribution is 7.00. The van der Waals surface area contributed by atoms with E-state index in [4.69, 9.17) is 0 Å². The van der Waals surface area contributed by atoms with Gasteiger partial charge in [-0.1, -0.05) is 394 Å². The fraction of sp³-hybridized carbons (Fsp3) is 0.0182. The van der Waals surface area contributed by atoms with E-state index >= 15 is 0 Å². The van der Waals surface area contributed by atoms with Crippen LogP contribution in [0.3, 0.4) is 0 Å². The minimum atomic E-state index is -0.607. The number of rotatable bonds is 12. The summed E-state index contributed by atoms with van der Waals surface area (Å²) in [6, 6.07) is 165. The standard InChI is InChI=1S/C110H72BN3/c1-8-35-73(36-9-1)83-49-24-29-62-98(83)113-101-67-65-76(84-54-33-60-94-105(84)90-52-22-27-58-92(90)109(94,78-41-14-4-15-42-78)79-43-16-5-17-44-79)69-96(101)111-97-70-77(85-55-34-61-95-106(85)91-53-23-28-59-93(91)110(95,80-45-18-6-19-46-80)81-47-20-7-21-48-81)66-68-102(97)114(108-86(74-37-10-2-11-38-74)56-32-57-87(108)75-39-12-3-13-40-75)104-72-82(71-103(113)107(104)111)112-99-63-30-25-50-88(99)89-51-26-31-64-100(89)112/h1-72H. The van der Waals surface area contributed by atoms with Crippen LogP contribution in [0.2, 0.25) is 0 Å². The molecule has 2 aliphatic heterocycles. The predicted octanol–water partition coefficient (Wildman–Crippen LogP) is 25.9. The molecule has 114 heavy (non-hydrogen) atoms. The van der Waals surface area contributed by atoms with E-state index in [1.165, 1.54) is 105 Å². The van der Waals surface area contributed by atoms with E-state index in [-0.39, 0.29) is 6.71 Å². The lowest BCUT2D eigenvalue weighted by Gasteiger charge is -2.45. The molecular weight excluding hydrogens is 1370 g/mol. The van der Waals surface area contributed by atoms with Gasteiger partial charge in [0.2, 0.25) is 0 Å². The highest BCUT2D eigenvalue weighted by Gasteiger charge is 2.51. The van der Waals surface area contributed by atoms with E-state index in [1.54, 1.807) is 0 Å². The van der Waals surface area contributed by atoms with Crippen LogP contribution < -0.4 is 26.2 Å². The molecule has 3 nitrogen and oxygen atoms in total. The van der Waals surface area contributed by atoms with Crippen LogP contribution in [0.15, 0.2) is 437 Å². The first-order chi connectivity index (χ1) is 56.6. The third-order valence-electron chi connectivity index (χ3n) is 25.1. The highest BCUT2D eigenvalue weighted by Crippen LogP contribution is 2.62. The Kier molecular flexibility index (Phi) is 14.9. The predicted molar refractivity (Wildman–Crippen MR) is 477 cm³/mol. The normalized spacial score (nSPS) is 13.5. The zero-order valence-electron chi connectivity index (χ0n) is 62.5. The summed E-state index contributed by atoms with van der Waals surface area (Å²) in [5, 5.41) is 2.41. The fourth-order valence-corrected chi connectivity index (χ4v) is 20.6. The third-order valence-corrected chi connectivity index (χ3v) is 25.1. The van der Waals surface area contributed by atoms with Crippen molar-refractivity contribution in [2.75, 3.05) is 9.80 Å². The lowest BCUT2D eigenvalue weighted by atomic mass is 9.33. The first-order valence-electron chi connectivity index (χ1n) is 39.8. The van der Waals surface area contributed by atoms with Crippen molar-refractivity contribution in [2.45, 2.75) is 10.8 Å². The van der Waals surface area contributed by atoms with Crippen LogP contribution in [0.4, 0.5) is 34.1 Å². The van der Waals surface area contributed by atoms with Crippen molar-refractivity contribution < 1.29 is 0 Å². The van der Waals surface area contributed by atoms with Crippen LogP contribution in [0.5, 0.6) is 0 Å². The molecule has 3 heterocycles. The molecule has 4 aliphatic rings. The number of benzene rings is 18. The van der Waals surface area contributed by atoms with Gasteiger partial charge in [0.25, 0.3) is 6.71 Å². The Bertz CT molecular complexity index is 6850. The number of anilines is 6.